The minimum absolute atomic E-state index is 0.124. The molecule has 0 saturated carbocycles. The van der Waals surface area contributed by atoms with Gasteiger partial charge in [-0.05, 0) is 18.0 Å². The predicted octanol–water partition coefficient (Wildman–Crippen LogP) is 2.24. The zero-order valence-corrected chi connectivity index (χ0v) is 8.04. The maximum Gasteiger partial charge on any atom is 0.337 e. The van der Waals surface area contributed by atoms with E-state index in [0.29, 0.717) is 5.75 Å². The molecule has 1 heterocycles. The van der Waals surface area contributed by atoms with E-state index in [2.05, 4.69) is 0 Å². The van der Waals surface area contributed by atoms with Crippen LogP contribution in [0.15, 0.2) is 0 Å². The summed E-state index contributed by atoms with van der Waals surface area (Å²) in [6.07, 6.45) is -0.140. The van der Waals surface area contributed by atoms with Crippen LogP contribution >= 0.6 is 23.4 Å². The molecule has 1 fully saturated rings. The van der Waals surface area contributed by atoms with Crippen molar-refractivity contribution in [3.8, 4) is 6.07 Å². The van der Waals surface area contributed by atoms with Gasteiger partial charge in [-0.1, -0.05) is 11.8 Å². The summed E-state index contributed by atoms with van der Waals surface area (Å²) in [5, 5.41) is 4.73. The van der Waals surface area contributed by atoms with Gasteiger partial charge in [0.1, 0.15) is 5.92 Å². The number of carbonyl (C=O) groups is 1. The van der Waals surface area contributed by atoms with Crippen molar-refractivity contribution in [2.45, 2.75) is 11.8 Å². The minimum Gasteiger partial charge on any atom is -0.287 e. The summed E-state index contributed by atoms with van der Waals surface area (Å²) in [4.78, 5) is 10.8. The lowest BCUT2D eigenvalue weighted by molar-refractivity contribution is -0.115. The third-order valence-electron chi connectivity index (χ3n) is 1.83. The van der Waals surface area contributed by atoms with E-state index in [9.17, 15) is 13.6 Å². The van der Waals surface area contributed by atoms with Crippen LogP contribution in [0.5, 0.6) is 0 Å². The third-order valence-corrected chi connectivity index (χ3v) is 3.28. The Kier molecular flexibility index (Phi) is 3.14. The van der Waals surface area contributed by atoms with Gasteiger partial charge in [0.15, 0.2) is 5.12 Å². The van der Waals surface area contributed by atoms with Gasteiger partial charge in [-0.15, -0.1) is 0 Å². The van der Waals surface area contributed by atoms with Crippen LogP contribution in [0.2, 0.25) is 0 Å². The smallest absolute Gasteiger partial charge is 0.287 e. The molecule has 0 aromatic rings. The largest absolute Gasteiger partial charge is 0.337 e. The number of halogens is 3. The van der Waals surface area contributed by atoms with Crippen molar-refractivity contribution >= 4 is 28.5 Å². The Morgan fingerprint density at radius 1 is 1.85 bits per heavy atom. The highest BCUT2D eigenvalue weighted by Gasteiger charge is 2.42. The second-order valence-corrected chi connectivity index (χ2v) is 4.31. The normalized spacial score (nSPS) is 24.8. The molecule has 0 aromatic carbocycles. The summed E-state index contributed by atoms with van der Waals surface area (Å²) in [6, 6.07) is 1.42. The van der Waals surface area contributed by atoms with Crippen LogP contribution in [0.25, 0.3) is 0 Å². The van der Waals surface area contributed by atoms with Crippen LogP contribution < -0.4 is 0 Å². The van der Waals surface area contributed by atoms with E-state index < -0.39 is 17.2 Å². The molecule has 13 heavy (non-hydrogen) atoms. The van der Waals surface area contributed by atoms with Crippen LogP contribution in [-0.4, -0.2) is 16.2 Å². The molecular weight excluding hydrogens is 220 g/mol. The number of nitriles is 1. The van der Waals surface area contributed by atoms with Crippen LogP contribution in [0, 0.1) is 23.2 Å². The monoisotopic (exact) mass is 225 g/mol. The average Bonchev–Trinajstić information content (AvgIpc) is 2.00. The zero-order chi connectivity index (χ0) is 10.1. The molecule has 1 saturated heterocycles. The molecule has 0 spiro atoms. The zero-order valence-electron chi connectivity index (χ0n) is 6.47. The van der Waals surface area contributed by atoms with Crippen LogP contribution in [0.4, 0.5) is 8.78 Å². The van der Waals surface area contributed by atoms with Crippen LogP contribution in [-0.2, 0) is 4.79 Å². The van der Waals surface area contributed by atoms with Gasteiger partial charge in [0.05, 0.1) is 6.07 Å². The summed E-state index contributed by atoms with van der Waals surface area (Å²) in [6.45, 7) is 0. The van der Waals surface area contributed by atoms with Gasteiger partial charge in [0, 0.05) is 11.7 Å². The van der Waals surface area contributed by atoms with E-state index in [0.717, 1.165) is 11.8 Å². The first-order chi connectivity index (χ1) is 5.95. The molecule has 0 aliphatic carbocycles. The molecule has 1 rings (SSSR count). The Bertz CT molecular complexity index is 260. The first-order valence-electron chi connectivity index (χ1n) is 3.58. The Morgan fingerprint density at radius 2 is 2.46 bits per heavy atom. The number of carbonyl (C=O) groups excluding carboxylic acids is 1. The number of thioether (sulfide) groups is 1. The lowest BCUT2D eigenvalue weighted by Gasteiger charge is -2.26. The Labute approximate surface area is 83.2 Å². The molecule has 0 radical (unpaired) electrons. The van der Waals surface area contributed by atoms with Crippen LogP contribution in [0.1, 0.15) is 6.42 Å². The molecule has 0 N–H and O–H groups in total. The Balaban J connectivity index is 2.51. The lowest BCUT2D eigenvalue weighted by Crippen LogP contribution is -2.31. The van der Waals surface area contributed by atoms with Crippen molar-refractivity contribution in [3.63, 3.8) is 0 Å². The van der Waals surface area contributed by atoms with E-state index in [1.54, 1.807) is 0 Å². The summed E-state index contributed by atoms with van der Waals surface area (Å²) >= 11 is 5.79. The van der Waals surface area contributed by atoms with Crippen molar-refractivity contribution in [3.05, 3.63) is 0 Å². The fourth-order valence-corrected chi connectivity index (χ4v) is 1.89. The molecular formula is C7H6ClF2NOS. The maximum absolute atomic E-state index is 12.5. The van der Waals surface area contributed by atoms with Gasteiger partial charge < -0.3 is 0 Å². The molecule has 1 aliphatic heterocycles. The fourth-order valence-electron chi connectivity index (χ4n) is 0.978. The molecule has 2 nitrogen and oxygen atoms in total. The first-order valence-corrected chi connectivity index (χ1v) is 4.94. The molecule has 1 aliphatic rings. The highest BCUT2D eigenvalue weighted by atomic mass is 35.5. The summed E-state index contributed by atoms with van der Waals surface area (Å²) in [5.41, 5.74) is 0. The maximum atomic E-state index is 12.5. The molecule has 0 aromatic heterocycles. The first kappa shape index (κ1) is 10.7. The second-order valence-electron chi connectivity index (χ2n) is 2.79. The van der Waals surface area contributed by atoms with E-state index in [1.165, 1.54) is 6.07 Å². The number of nitrogens with zero attached hydrogens (tertiary/aromatic N) is 1. The van der Waals surface area contributed by atoms with Crippen molar-refractivity contribution in [2.24, 2.45) is 11.8 Å². The Hall–Kier alpha value is -0.340. The second kappa shape index (κ2) is 3.81. The topological polar surface area (TPSA) is 40.9 Å². The molecule has 6 heteroatoms. The SMILES string of the molecule is N#CC(CC1CSC1=O)C(F)(F)Cl. The molecule has 72 valence electrons. The third kappa shape index (κ3) is 2.55. The number of hydrogen-bond acceptors (Lipinski definition) is 3. The Morgan fingerprint density at radius 3 is 2.69 bits per heavy atom. The summed E-state index contributed by atoms with van der Waals surface area (Å²) in [5.74, 6) is -1.47. The number of hydrogen-bond donors (Lipinski definition) is 0. The number of rotatable bonds is 3. The highest BCUT2D eigenvalue weighted by Crippen LogP contribution is 2.38. The van der Waals surface area contributed by atoms with E-state index in [4.69, 9.17) is 16.9 Å². The predicted molar refractivity (Wildman–Crippen MR) is 45.5 cm³/mol. The van der Waals surface area contributed by atoms with Gasteiger partial charge in [-0.25, -0.2) is 0 Å². The van der Waals surface area contributed by atoms with E-state index >= 15 is 0 Å². The average molecular weight is 226 g/mol. The molecule has 2 atom stereocenters. The van der Waals surface area contributed by atoms with Crippen molar-refractivity contribution in [1.29, 1.82) is 5.26 Å². The van der Waals surface area contributed by atoms with E-state index in [1.807, 2.05) is 0 Å². The minimum atomic E-state index is -3.53. The lowest BCUT2D eigenvalue weighted by atomic mass is 9.97. The van der Waals surface area contributed by atoms with Gasteiger partial charge >= 0.3 is 5.38 Å². The van der Waals surface area contributed by atoms with Gasteiger partial charge in [0.25, 0.3) is 0 Å². The van der Waals surface area contributed by atoms with E-state index in [-0.39, 0.29) is 11.5 Å². The van der Waals surface area contributed by atoms with Crippen molar-refractivity contribution in [2.75, 3.05) is 5.75 Å². The molecule has 0 amide bonds. The standard InChI is InChI=1S/C7H6ClF2NOS/c8-7(9,10)5(2-11)1-4-3-13-6(4)12/h4-5H,1,3H2. The van der Waals surface area contributed by atoms with Crippen molar-refractivity contribution in [1.82, 2.24) is 0 Å². The molecule has 0 bridgehead atoms. The fraction of sp³-hybridized carbons (Fsp3) is 0.714. The van der Waals surface area contributed by atoms with Gasteiger partial charge in [0.2, 0.25) is 0 Å². The van der Waals surface area contributed by atoms with Crippen molar-refractivity contribution < 1.29 is 13.6 Å². The van der Waals surface area contributed by atoms with Crippen LogP contribution in [0.3, 0.4) is 0 Å². The van der Waals surface area contributed by atoms with Gasteiger partial charge in [-0.2, -0.15) is 14.0 Å². The summed E-state index contributed by atoms with van der Waals surface area (Å²) in [7, 11) is 0. The quantitative estimate of drug-likeness (QED) is 0.692. The highest BCUT2D eigenvalue weighted by molar-refractivity contribution is 8.15. The number of alkyl halides is 3. The molecule has 2 unspecified atom stereocenters. The van der Waals surface area contributed by atoms with Gasteiger partial charge in [-0.3, -0.25) is 4.79 Å². The summed E-state index contributed by atoms with van der Waals surface area (Å²) < 4.78 is 24.9.